The number of hydrogen-bond donors (Lipinski definition) is 1. The summed E-state index contributed by atoms with van der Waals surface area (Å²) in [6.45, 7) is 7.43. The van der Waals surface area contributed by atoms with Crippen LogP contribution in [0, 0.1) is 0 Å². The number of ether oxygens (including phenoxy) is 1. The highest BCUT2D eigenvalue weighted by Crippen LogP contribution is 2.23. The topological polar surface area (TPSA) is 24.5 Å². The molecule has 1 N–H and O–H groups in total. The zero-order chi connectivity index (χ0) is 12.8. The van der Waals surface area contributed by atoms with E-state index in [1.54, 1.807) is 7.11 Å². The van der Waals surface area contributed by atoms with Crippen molar-refractivity contribution in [3.05, 3.63) is 35.4 Å². The monoisotopic (exact) mass is 248 g/mol. The molecule has 0 aliphatic carbocycles. The minimum atomic E-state index is 0.583. The summed E-state index contributed by atoms with van der Waals surface area (Å²) in [7, 11) is 1.75. The van der Waals surface area contributed by atoms with Crippen molar-refractivity contribution >= 4 is 0 Å². The average Bonchev–Trinajstić information content (AvgIpc) is 2.82. The van der Waals surface area contributed by atoms with E-state index in [9.17, 15) is 0 Å². The van der Waals surface area contributed by atoms with E-state index in [0.717, 1.165) is 39.2 Å². The zero-order valence-corrected chi connectivity index (χ0v) is 11.5. The van der Waals surface area contributed by atoms with E-state index < -0.39 is 0 Å². The van der Waals surface area contributed by atoms with E-state index in [-0.39, 0.29) is 0 Å². The standard InChI is InChI=1S/C15H24N2O/c1-13(10-16-8-5-9-18-2)17-11-14-6-3-4-7-15(14)12-17/h3-4,6-7,13,16H,5,8-12H2,1-2H3. The van der Waals surface area contributed by atoms with Crippen molar-refractivity contribution in [1.29, 1.82) is 0 Å². The molecule has 1 aliphatic rings. The molecule has 100 valence electrons. The van der Waals surface area contributed by atoms with Crippen molar-refractivity contribution in [3.63, 3.8) is 0 Å². The van der Waals surface area contributed by atoms with Gasteiger partial charge in [0.15, 0.2) is 0 Å². The fraction of sp³-hybridized carbons (Fsp3) is 0.600. The number of benzene rings is 1. The Morgan fingerprint density at radius 3 is 2.56 bits per heavy atom. The number of fused-ring (bicyclic) bond motifs is 1. The molecule has 1 heterocycles. The summed E-state index contributed by atoms with van der Waals surface area (Å²) < 4.78 is 5.04. The molecule has 0 saturated carbocycles. The van der Waals surface area contributed by atoms with Gasteiger partial charge in [0.1, 0.15) is 0 Å². The summed E-state index contributed by atoms with van der Waals surface area (Å²) in [6, 6.07) is 9.34. The van der Waals surface area contributed by atoms with Gasteiger partial charge >= 0.3 is 0 Å². The van der Waals surface area contributed by atoms with Crippen molar-refractivity contribution in [2.75, 3.05) is 26.8 Å². The van der Waals surface area contributed by atoms with E-state index in [1.165, 1.54) is 11.1 Å². The second-order valence-electron chi connectivity index (χ2n) is 5.07. The Balaban J connectivity index is 1.70. The Morgan fingerprint density at radius 2 is 1.94 bits per heavy atom. The molecule has 3 nitrogen and oxygen atoms in total. The first-order valence-corrected chi connectivity index (χ1v) is 6.81. The van der Waals surface area contributed by atoms with E-state index in [4.69, 9.17) is 4.74 Å². The Hall–Kier alpha value is -0.900. The quantitative estimate of drug-likeness (QED) is 0.747. The van der Waals surface area contributed by atoms with E-state index in [1.807, 2.05) is 0 Å². The van der Waals surface area contributed by atoms with E-state index in [2.05, 4.69) is 41.4 Å². The highest BCUT2D eigenvalue weighted by molar-refractivity contribution is 5.30. The van der Waals surface area contributed by atoms with Gasteiger partial charge in [-0.3, -0.25) is 4.90 Å². The van der Waals surface area contributed by atoms with Crippen LogP contribution in [-0.4, -0.2) is 37.7 Å². The van der Waals surface area contributed by atoms with Crippen molar-refractivity contribution in [2.24, 2.45) is 0 Å². The Labute approximate surface area is 110 Å². The van der Waals surface area contributed by atoms with Gasteiger partial charge in [0.2, 0.25) is 0 Å². The number of hydrogen-bond acceptors (Lipinski definition) is 3. The van der Waals surface area contributed by atoms with Crippen LogP contribution in [0.5, 0.6) is 0 Å². The van der Waals surface area contributed by atoms with Gasteiger partial charge in [-0.25, -0.2) is 0 Å². The van der Waals surface area contributed by atoms with Crippen molar-refractivity contribution in [2.45, 2.75) is 32.5 Å². The first-order chi connectivity index (χ1) is 8.81. The second-order valence-corrected chi connectivity index (χ2v) is 5.07. The minimum absolute atomic E-state index is 0.583. The SMILES string of the molecule is COCCCNCC(C)N1Cc2ccccc2C1. The van der Waals surface area contributed by atoms with Crippen LogP contribution in [0.4, 0.5) is 0 Å². The summed E-state index contributed by atoms with van der Waals surface area (Å²) in [5, 5.41) is 3.50. The maximum absolute atomic E-state index is 5.04. The van der Waals surface area contributed by atoms with Crippen LogP contribution in [-0.2, 0) is 17.8 Å². The van der Waals surface area contributed by atoms with Gasteiger partial charge in [-0.15, -0.1) is 0 Å². The van der Waals surface area contributed by atoms with Crippen LogP contribution in [0.3, 0.4) is 0 Å². The van der Waals surface area contributed by atoms with Crippen LogP contribution >= 0.6 is 0 Å². The van der Waals surface area contributed by atoms with E-state index in [0.29, 0.717) is 6.04 Å². The Kier molecular flexibility index (Phi) is 5.17. The predicted molar refractivity (Wildman–Crippen MR) is 74.5 cm³/mol. The lowest BCUT2D eigenvalue weighted by atomic mass is 10.1. The Morgan fingerprint density at radius 1 is 1.28 bits per heavy atom. The van der Waals surface area contributed by atoms with Gasteiger partial charge in [-0.1, -0.05) is 24.3 Å². The fourth-order valence-corrected chi connectivity index (χ4v) is 2.45. The first-order valence-electron chi connectivity index (χ1n) is 6.81. The lowest BCUT2D eigenvalue weighted by Crippen LogP contribution is -2.37. The zero-order valence-electron chi connectivity index (χ0n) is 11.5. The van der Waals surface area contributed by atoms with Crippen molar-refractivity contribution in [1.82, 2.24) is 10.2 Å². The highest BCUT2D eigenvalue weighted by atomic mass is 16.5. The molecular weight excluding hydrogens is 224 g/mol. The first kappa shape index (κ1) is 13.5. The molecular formula is C15H24N2O. The molecule has 0 bridgehead atoms. The molecule has 0 amide bonds. The van der Waals surface area contributed by atoms with Gasteiger partial charge in [-0.05, 0) is 31.0 Å². The van der Waals surface area contributed by atoms with Crippen molar-refractivity contribution < 1.29 is 4.74 Å². The smallest absolute Gasteiger partial charge is 0.0474 e. The average molecular weight is 248 g/mol. The van der Waals surface area contributed by atoms with Gasteiger partial charge in [0.25, 0.3) is 0 Å². The summed E-state index contributed by atoms with van der Waals surface area (Å²) in [4.78, 5) is 2.54. The second kappa shape index (κ2) is 6.88. The molecule has 1 aromatic carbocycles. The molecule has 3 heteroatoms. The van der Waals surface area contributed by atoms with Crippen LogP contribution in [0.2, 0.25) is 0 Å². The van der Waals surface area contributed by atoms with E-state index >= 15 is 0 Å². The van der Waals surface area contributed by atoms with Gasteiger partial charge in [-0.2, -0.15) is 0 Å². The maximum Gasteiger partial charge on any atom is 0.0474 e. The number of nitrogens with one attached hydrogen (secondary N) is 1. The summed E-state index contributed by atoms with van der Waals surface area (Å²) >= 11 is 0. The third-order valence-corrected chi connectivity index (χ3v) is 3.63. The minimum Gasteiger partial charge on any atom is -0.385 e. The van der Waals surface area contributed by atoms with Crippen molar-refractivity contribution in [3.8, 4) is 0 Å². The Bertz CT molecular complexity index is 342. The molecule has 0 saturated heterocycles. The number of nitrogens with zero attached hydrogens (tertiary/aromatic N) is 1. The lowest BCUT2D eigenvalue weighted by molar-refractivity contribution is 0.187. The van der Waals surface area contributed by atoms with Crippen LogP contribution in [0.1, 0.15) is 24.5 Å². The molecule has 2 rings (SSSR count). The largest absolute Gasteiger partial charge is 0.385 e. The van der Waals surface area contributed by atoms with Crippen LogP contribution in [0.25, 0.3) is 0 Å². The van der Waals surface area contributed by atoms with Gasteiger partial charge in [0, 0.05) is 39.4 Å². The number of methoxy groups -OCH3 is 1. The normalized spacial score (nSPS) is 16.8. The summed E-state index contributed by atoms with van der Waals surface area (Å²) in [5.41, 5.74) is 2.98. The molecule has 0 aromatic heterocycles. The van der Waals surface area contributed by atoms with Gasteiger partial charge < -0.3 is 10.1 Å². The molecule has 1 aliphatic heterocycles. The molecule has 18 heavy (non-hydrogen) atoms. The molecule has 1 unspecified atom stereocenters. The highest BCUT2D eigenvalue weighted by Gasteiger charge is 2.22. The molecule has 0 fully saturated rings. The fourth-order valence-electron chi connectivity index (χ4n) is 2.45. The van der Waals surface area contributed by atoms with Crippen LogP contribution < -0.4 is 5.32 Å². The molecule has 0 radical (unpaired) electrons. The predicted octanol–water partition coefficient (Wildman–Crippen LogP) is 2.02. The summed E-state index contributed by atoms with van der Waals surface area (Å²) in [5.74, 6) is 0. The number of rotatable bonds is 7. The third kappa shape index (κ3) is 3.55. The molecule has 0 spiro atoms. The van der Waals surface area contributed by atoms with Crippen LogP contribution in [0.15, 0.2) is 24.3 Å². The molecule has 1 atom stereocenters. The summed E-state index contributed by atoms with van der Waals surface area (Å²) in [6.07, 6.45) is 1.09. The molecule has 1 aromatic rings. The third-order valence-electron chi connectivity index (χ3n) is 3.63. The van der Waals surface area contributed by atoms with Gasteiger partial charge in [0.05, 0.1) is 0 Å². The maximum atomic E-state index is 5.04. The lowest BCUT2D eigenvalue weighted by Gasteiger charge is -2.24.